The quantitative estimate of drug-likeness (QED) is 0.620. The van der Waals surface area contributed by atoms with Gasteiger partial charge in [-0.05, 0) is 51.4 Å². The fraction of sp³-hybridized carbons (Fsp3) is 0.625. The standard InChI is InChI=1S/C24H33N5O5/c1-15-22(34-18-9-5-8-17(10-18)23(30)31)25-12-20(27-15)19-11-26-29(3)21(19)14-33-24(32)28(2)13-16-6-4-7-16/h11-12,16-18H,4-10,13-14H2,1-3H3,(H,30,31)/t17-,18-/m0/s1. The van der Waals surface area contributed by atoms with Crippen LogP contribution >= 0.6 is 0 Å². The molecule has 0 unspecified atom stereocenters. The number of ether oxygens (including phenoxy) is 2. The van der Waals surface area contributed by atoms with Crippen molar-refractivity contribution in [3.05, 3.63) is 23.8 Å². The van der Waals surface area contributed by atoms with Crippen molar-refractivity contribution < 1.29 is 24.2 Å². The van der Waals surface area contributed by atoms with Crippen molar-refractivity contribution in [1.82, 2.24) is 24.6 Å². The van der Waals surface area contributed by atoms with Crippen LogP contribution in [0.3, 0.4) is 0 Å². The maximum absolute atomic E-state index is 12.4. The van der Waals surface area contributed by atoms with Crippen molar-refractivity contribution >= 4 is 12.1 Å². The molecule has 2 aliphatic carbocycles. The lowest BCUT2D eigenvalue weighted by Crippen LogP contribution is -2.34. The summed E-state index contributed by atoms with van der Waals surface area (Å²) in [5.41, 5.74) is 2.69. The van der Waals surface area contributed by atoms with Gasteiger partial charge in [0.2, 0.25) is 5.88 Å². The summed E-state index contributed by atoms with van der Waals surface area (Å²) in [6, 6.07) is 0. The maximum Gasteiger partial charge on any atom is 0.409 e. The molecule has 0 aliphatic heterocycles. The molecule has 2 saturated carbocycles. The van der Waals surface area contributed by atoms with E-state index < -0.39 is 5.97 Å². The molecule has 10 nitrogen and oxygen atoms in total. The Balaban J connectivity index is 1.41. The minimum Gasteiger partial charge on any atom is -0.481 e. The van der Waals surface area contributed by atoms with Gasteiger partial charge in [-0.15, -0.1) is 0 Å². The summed E-state index contributed by atoms with van der Waals surface area (Å²) >= 11 is 0. The molecule has 2 fully saturated rings. The number of carbonyl (C=O) groups is 2. The van der Waals surface area contributed by atoms with Gasteiger partial charge in [-0.2, -0.15) is 5.10 Å². The lowest BCUT2D eigenvalue weighted by atomic mass is 9.85. The summed E-state index contributed by atoms with van der Waals surface area (Å²) in [6.07, 6.45) is 9.13. The van der Waals surface area contributed by atoms with E-state index in [1.807, 2.05) is 6.92 Å². The SMILES string of the molecule is Cc1nc(-c2cnn(C)c2COC(=O)N(C)CC2CCC2)cnc1O[C@H]1CCC[C@H](C(=O)O)C1. The van der Waals surface area contributed by atoms with Gasteiger partial charge < -0.3 is 19.5 Å². The zero-order valence-corrected chi connectivity index (χ0v) is 20.1. The van der Waals surface area contributed by atoms with Crippen LogP contribution in [-0.4, -0.2) is 61.5 Å². The molecule has 2 aliphatic rings. The summed E-state index contributed by atoms with van der Waals surface area (Å²) in [7, 11) is 3.56. The summed E-state index contributed by atoms with van der Waals surface area (Å²) in [6.45, 7) is 2.61. The first-order chi connectivity index (χ1) is 16.3. The number of amides is 1. The third-order valence-corrected chi connectivity index (χ3v) is 6.89. The number of rotatable bonds is 8. The highest BCUT2D eigenvalue weighted by Gasteiger charge is 2.29. The normalized spacial score (nSPS) is 20.4. The van der Waals surface area contributed by atoms with Crippen LogP contribution in [0.4, 0.5) is 4.79 Å². The molecule has 2 heterocycles. The second kappa shape index (κ2) is 10.4. The fourth-order valence-corrected chi connectivity index (χ4v) is 4.58. The molecule has 2 aromatic heterocycles. The van der Waals surface area contributed by atoms with Crippen LogP contribution < -0.4 is 4.74 Å². The molecule has 10 heteroatoms. The predicted octanol–water partition coefficient (Wildman–Crippen LogP) is 3.58. The summed E-state index contributed by atoms with van der Waals surface area (Å²) in [5.74, 6) is -0.160. The Morgan fingerprint density at radius 1 is 1.21 bits per heavy atom. The molecule has 0 bridgehead atoms. The van der Waals surface area contributed by atoms with Crippen molar-refractivity contribution in [2.24, 2.45) is 18.9 Å². The molecule has 0 aromatic carbocycles. The van der Waals surface area contributed by atoms with Crippen LogP contribution in [0.15, 0.2) is 12.4 Å². The molecule has 1 N–H and O–H groups in total. The van der Waals surface area contributed by atoms with Crippen LogP contribution in [0.2, 0.25) is 0 Å². The zero-order chi connectivity index (χ0) is 24.2. The van der Waals surface area contributed by atoms with Crippen molar-refractivity contribution in [1.29, 1.82) is 0 Å². The van der Waals surface area contributed by atoms with E-state index in [1.54, 1.807) is 36.1 Å². The van der Waals surface area contributed by atoms with Crippen LogP contribution in [0.1, 0.15) is 56.3 Å². The lowest BCUT2D eigenvalue weighted by Gasteiger charge is -2.29. The minimum absolute atomic E-state index is 0.0807. The molecule has 4 rings (SSSR count). The summed E-state index contributed by atoms with van der Waals surface area (Å²) < 4.78 is 13.2. The average Bonchev–Trinajstić information content (AvgIpc) is 3.16. The van der Waals surface area contributed by atoms with Crippen molar-refractivity contribution in [3.8, 4) is 17.1 Å². The van der Waals surface area contributed by atoms with Gasteiger partial charge in [-0.25, -0.2) is 14.8 Å². The highest BCUT2D eigenvalue weighted by Crippen LogP contribution is 2.30. The molecule has 184 valence electrons. The van der Waals surface area contributed by atoms with Gasteiger partial charge in [0.05, 0.1) is 29.7 Å². The number of carboxylic acids is 1. The molecule has 0 spiro atoms. The third kappa shape index (κ3) is 5.48. The molecule has 0 saturated heterocycles. The molecular weight excluding hydrogens is 438 g/mol. The smallest absolute Gasteiger partial charge is 0.409 e. The molecule has 2 aromatic rings. The van der Waals surface area contributed by atoms with E-state index in [4.69, 9.17) is 9.47 Å². The number of aliphatic carboxylic acids is 1. The summed E-state index contributed by atoms with van der Waals surface area (Å²) in [4.78, 5) is 34.5. The second-order valence-electron chi connectivity index (χ2n) is 9.45. The van der Waals surface area contributed by atoms with E-state index >= 15 is 0 Å². The Morgan fingerprint density at radius 2 is 1.97 bits per heavy atom. The fourth-order valence-electron chi connectivity index (χ4n) is 4.58. The largest absolute Gasteiger partial charge is 0.481 e. The second-order valence-corrected chi connectivity index (χ2v) is 9.45. The third-order valence-electron chi connectivity index (χ3n) is 6.89. The van der Waals surface area contributed by atoms with Gasteiger partial charge in [0.15, 0.2) is 0 Å². The molecule has 2 atom stereocenters. The Kier molecular flexibility index (Phi) is 7.33. The highest BCUT2D eigenvalue weighted by molar-refractivity contribution is 5.70. The number of aromatic nitrogens is 4. The van der Waals surface area contributed by atoms with E-state index in [-0.39, 0.29) is 24.7 Å². The van der Waals surface area contributed by atoms with Crippen molar-refractivity contribution in [3.63, 3.8) is 0 Å². The molecular formula is C24H33N5O5. The van der Waals surface area contributed by atoms with Crippen LogP contribution in [-0.2, 0) is 23.2 Å². The number of aryl methyl sites for hydroxylation is 2. The average molecular weight is 472 g/mol. The maximum atomic E-state index is 12.4. The van der Waals surface area contributed by atoms with E-state index in [0.29, 0.717) is 36.0 Å². The first-order valence-corrected chi connectivity index (χ1v) is 11.9. The Morgan fingerprint density at radius 3 is 2.65 bits per heavy atom. The first kappa shape index (κ1) is 24.0. The Labute approximate surface area is 199 Å². The minimum atomic E-state index is -0.773. The van der Waals surface area contributed by atoms with Gasteiger partial charge >= 0.3 is 12.1 Å². The lowest BCUT2D eigenvalue weighted by molar-refractivity contribution is -0.143. The number of carboxylic acid groups (broad SMARTS) is 1. The molecule has 34 heavy (non-hydrogen) atoms. The number of hydrogen-bond acceptors (Lipinski definition) is 7. The van der Waals surface area contributed by atoms with Gasteiger partial charge in [0, 0.05) is 26.2 Å². The monoisotopic (exact) mass is 471 g/mol. The highest BCUT2D eigenvalue weighted by atomic mass is 16.6. The number of nitrogens with zero attached hydrogens (tertiary/aromatic N) is 5. The zero-order valence-electron chi connectivity index (χ0n) is 20.1. The molecule has 1 amide bonds. The van der Waals surface area contributed by atoms with Crippen LogP contribution in [0.5, 0.6) is 5.88 Å². The van der Waals surface area contributed by atoms with E-state index in [1.165, 1.54) is 19.3 Å². The van der Waals surface area contributed by atoms with E-state index in [2.05, 4.69) is 15.1 Å². The van der Waals surface area contributed by atoms with Crippen LogP contribution in [0.25, 0.3) is 11.3 Å². The van der Waals surface area contributed by atoms with E-state index in [0.717, 1.165) is 30.6 Å². The van der Waals surface area contributed by atoms with Crippen molar-refractivity contribution in [2.45, 2.75) is 64.6 Å². The number of hydrogen-bond donors (Lipinski definition) is 1. The number of carbonyl (C=O) groups excluding carboxylic acids is 1. The van der Waals surface area contributed by atoms with Gasteiger partial charge in [0.25, 0.3) is 0 Å². The first-order valence-electron chi connectivity index (χ1n) is 11.9. The van der Waals surface area contributed by atoms with Gasteiger partial charge in [-0.1, -0.05) is 6.42 Å². The topological polar surface area (TPSA) is 120 Å². The Hall–Kier alpha value is -3.17. The van der Waals surface area contributed by atoms with Gasteiger partial charge in [0.1, 0.15) is 18.4 Å². The Bertz CT molecular complexity index is 1030. The molecule has 0 radical (unpaired) electrons. The van der Waals surface area contributed by atoms with Gasteiger partial charge in [-0.3, -0.25) is 9.48 Å². The van der Waals surface area contributed by atoms with Crippen molar-refractivity contribution in [2.75, 3.05) is 13.6 Å². The summed E-state index contributed by atoms with van der Waals surface area (Å²) in [5, 5.41) is 13.6. The van der Waals surface area contributed by atoms with Crippen LogP contribution in [0, 0.1) is 18.8 Å². The van der Waals surface area contributed by atoms with E-state index in [9.17, 15) is 14.7 Å². The predicted molar refractivity (Wildman–Crippen MR) is 123 cm³/mol.